The van der Waals surface area contributed by atoms with Crippen LogP contribution in [0.3, 0.4) is 0 Å². The first kappa shape index (κ1) is 19.3. The van der Waals surface area contributed by atoms with Gasteiger partial charge in [-0.2, -0.15) is 0 Å². The lowest BCUT2D eigenvalue weighted by Gasteiger charge is -2.22. The number of carbonyl (C=O) groups is 1. The Labute approximate surface area is 171 Å². The summed E-state index contributed by atoms with van der Waals surface area (Å²) in [6, 6.07) is 11.5. The molecule has 1 heterocycles. The molecule has 28 heavy (non-hydrogen) atoms. The van der Waals surface area contributed by atoms with Crippen LogP contribution in [0, 0.1) is 5.82 Å². The minimum atomic E-state index is -1.04. The SMILES string of the molecule is COc1ccc2sc(C(=O)O)c(Sc3ccc(C4CCCCC4)cc3)c2c1F. The predicted octanol–water partition coefficient (Wildman–Crippen LogP) is 6.95. The number of methoxy groups -OCH3 is 1. The Bertz CT molecular complexity index is 1000. The van der Waals surface area contributed by atoms with Crippen LogP contribution in [-0.2, 0) is 0 Å². The van der Waals surface area contributed by atoms with Crippen molar-refractivity contribution in [3.63, 3.8) is 0 Å². The highest BCUT2D eigenvalue weighted by atomic mass is 32.2. The second-order valence-electron chi connectivity index (χ2n) is 7.03. The zero-order chi connectivity index (χ0) is 19.7. The molecule has 1 aliphatic carbocycles. The van der Waals surface area contributed by atoms with Crippen molar-refractivity contribution in [2.45, 2.75) is 47.8 Å². The van der Waals surface area contributed by atoms with Crippen LogP contribution in [0.4, 0.5) is 4.39 Å². The van der Waals surface area contributed by atoms with Crippen molar-refractivity contribution in [3.05, 3.63) is 52.7 Å². The van der Waals surface area contributed by atoms with Gasteiger partial charge in [-0.05, 0) is 48.6 Å². The van der Waals surface area contributed by atoms with Crippen molar-refractivity contribution in [3.8, 4) is 5.75 Å². The molecule has 1 fully saturated rings. The van der Waals surface area contributed by atoms with E-state index in [9.17, 15) is 14.3 Å². The summed E-state index contributed by atoms with van der Waals surface area (Å²) in [5.74, 6) is -0.811. The first-order chi connectivity index (χ1) is 13.6. The Hall–Kier alpha value is -2.05. The molecule has 0 radical (unpaired) electrons. The number of rotatable bonds is 5. The van der Waals surface area contributed by atoms with E-state index in [1.165, 1.54) is 62.6 Å². The van der Waals surface area contributed by atoms with Gasteiger partial charge in [0.2, 0.25) is 0 Å². The van der Waals surface area contributed by atoms with E-state index < -0.39 is 11.8 Å². The lowest BCUT2D eigenvalue weighted by atomic mass is 9.84. The number of carboxylic acids is 1. The quantitative estimate of drug-likeness (QED) is 0.489. The molecule has 3 nitrogen and oxygen atoms in total. The zero-order valence-corrected chi connectivity index (χ0v) is 17.2. The van der Waals surface area contributed by atoms with Crippen LogP contribution in [0.15, 0.2) is 46.2 Å². The number of ether oxygens (including phenoxy) is 1. The van der Waals surface area contributed by atoms with Gasteiger partial charge >= 0.3 is 5.97 Å². The van der Waals surface area contributed by atoms with Gasteiger partial charge in [0, 0.05) is 19.9 Å². The van der Waals surface area contributed by atoms with Crippen molar-refractivity contribution in [1.82, 2.24) is 0 Å². The monoisotopic (exact) mass is 416 g/mol. The molecule has 0 amide bonds. The molecule has 3 aromatic rings. The summed E-state index contributed by atoms with van der Waals surface area (Å²) in [5, 5.41) is 9.94. The van der Waals surface area contributed by atoms with Gasteiger partial charge in [-0.15, -0.1) is 11.3 Å². The number of aromatic carboxylic acids is 1. The number of carboxylic acid groups (broad SMARTS) is 1. The lowest BCUT2D eigenvalue weighted by molar-refractivity contribution is 0.0699. The molecule has 0 unspecified atom stereocenters. The van der Waals surface area contributed by atoms with Crippen molar-refractivity contribution in [1.29, 1.82) is 0 Å². The van der Waals surface area contributed by atoms with Crippen LogP contribution < -0.4 is 4.74 Å². The molecule has 4 rings (SSSR count). The van der Waals surface area contributed by atoms with E-state index in [0.717, 1.165) is 16.2 Å². The largest absolute Gasteiger partial charge is 0.494 e. The highest BCUT2D eigenvalue weighted by Gasteiger charge is 2.23. The van der Waals surface area contributed by atoms with Crippen LogP contribution in [0.25, 0.3) is 10.1 Å². The van der Waals surface area contributed by atoms with Crippen molar-refractivity contribution in [2.75, 3.05) is 7.11 Å². The third-order valence-electron chi connectivity index (χ3n) is 5.30. The summed E-state index contributed by atoms with van der Waals surface area (Å²) in [6.45, 7) is 0. The summed E-state index contributed by atoms with van der Waals surface area (Å²) in [6.07, 6.45) is 6.35. The van der Waals surface area contributed by atoms with Gasteiger partial charge in [-0.25, -0.2) is 9.18 Å². The summed E-state index contributed by atoms with van der Waals surface area (Å²) >= 11 is 2.40. The summed E-state index contributed by atoms with van der Waals surface area (Å²) < 4.78 is 20.6. The van der Waals surface area contributed by atoms with Crippen LogP contribution >= 0.6 is 23.1 Å². The molecule has 0 saturated heterocycles. The van der Waals surface area contributed by atoms with E-state index in [1.54, 1.807) is 6.07 Å². The second-order valence-corrected chi connectivity index (χ2v) is 9.16. The van der Waals surface area contributed by atoms with E-state index >= 15 is 0 Å². The number of thiophene rings is 1. The van der Waals surface area contributed by atoms with Crippen LogP contribution in [0.2, 0.25) is 0 Å². The third kappa shape index (κ3) is 3.63. The first-order valence-corrected chi connectivity index (χ1v) is 11.0. The van der Waals surface area contributed by atoms with Gasteiger partial charge < -0.3 is 9.84 Å². The zero-order valence-electron chi connectivity index (χ0n) is 15.5. The highest BCUT2D eigenvalue weighted by Crippen LogP contribution is 2.45. The number of fused-ring (bicyclic) bond motifs is 1. The lowest BCUT2D eigenvalue weighted by Crippen LogP contribution is -2.04. The van der Waals surface area contributed by atoms with E-state index in [1.807, 2.05) is 12.1 Å². The van der Waals surface area contributed by atoms with Crippen molar-refractivity contribution < 1.29 is 19.0 Å². The Morgan fingerprint density at radius 1 is 1.14 bits per heavy atom. The number of hydrogen-bond acceptors (Lipinski definition) is 4. The molecule has 0 spiro atoms. The molecule has 1 aliphatic rings. The molecule has 1 saturated carbocycles. The van der Waals surface area contributed by atoms with Crippen LogP contribution in [0.1, 0.15) is 53.3 Å². The van der Waals surface area contributed by atoms with E-state index in [-0.39, 0.29) is 10.6 Å². The topological polar surface area (TPSA) is 46.5 Å². The van der Waals surface area contributed by atoms with Crippen LogP contribution in [0.5, 0.6) is 5.75 Å². The van der Waals surface area contributed by atoms with Crippen molar-refractivity contribution in [2.24, 2.45) is 0 Å². The Morgan fingerprint density at radius 2 is 1.86 bits per heavy atom. The maximum absolute atomic E-state index is 14.9. The average Bonchev–Trinajstić information content (AvgIpc) is 3.09. The maximum atomic E-state index is 14.9. The molecule has 146 valence electrons. The summed E-state index contributed by atoms with van der Waals surface area (Å²) in [4.78, 5) is 13.3. The fourth-order valence-corrected chi connectivity index (χ4v) is 6.10. The molecule has 1 N–H and O–H groups in total. The van der Waals surface area contributed by atoms with Gasteiger partial charge in [0.15, 0.2) is 11.6 Å². The standard InChI is InChI=1S/C22H21FO3S2/c1-26-16-11-12-17-18(19(16)23)20(21(28-17)22(24)25)27-15-9-7-14(8-10-15)13-5-3-2-4-6-13/h7-13H,2-6H2,1H3,(H,24,25). The maximum Gasteiger partial charge on any atom is 0.347 e. The van der Waals surface area contributed by atoms with Gasteiger partial charge in [0.25, 0.3) is 0 Å². The first-order valence-electron chi connectivity index (χ1n) is 9.38. The number of hydrogen-bond donors (Lipinski definition) is 1. The fourth-order valence-electron chi connectivity index (χ4n) is 3.86. The average molecular weight is 417 g/mol. The van der Waals surface area contributed by atoms with Gasteiger partial charge in [0.1, 0.15) is 4.88 Å². The molecule has 1 aromatic heterocycles. The highest BCUT2D eigenvalue weighted by molar-refractivity contribution is 7.99. The number of benzene rings is 2. The summed E-state index contributed by atoms with van der Waals surface area (Å²) in [7, 11) is 1.41. The molecule has 2 aromatic carbocycles. The van der Waals surface area contributed by atoms with E-state index in [2.05, 4.69) is 12.1 Å². The van der Waals surface area contributed by atoms with Gasteiger partial charge in [-0.1, -0.05) is 43.2 Å². The molecule has 0 bridgehead atoms. The Balaban J connectivity index is 1.70. The normalized spacial score (nSPS) is 15.1. The molecular formula is C22H21FO3S2. The van der Waals surface area contributed by atoms with E-state index in [0.29, 0.717) is 20.9 Å². The fraction of sp³-hybridized carbons (Fsp3) is 0.318. The molecule has 0 atom stereocenters. The molecule has 6 heteroatoms. The van der Waals surface area contributed by atoms with Crippen molar-refractivity contribution >= 4 is 39.2 Å². The predicted molar refractivity (Wildman–Crippen MR) is 112 cm³/mol. The Morgan fingerprint density at radius 3 is 2.50 bits per heavy atom. The minimum absolute atomic E-state index is 0.122. The molecular weight excluding hydrogens is 395 g/mol. The summed E-state index contributed by atoms with van der Waals surface area (Å²) in [5.41, 5.74) is 1.34. The van der Waals surface area contributed by atoms with E-state index in [4.69, 9.17) is 4.74 Å². The van der Waals surface area contributed by atoms with Gasteiger partial charge in [-0.3, -0.25) is 0 Å². The minimum Gasteiger partial charge on any atom is -0.494 e. The second kappa shape index (κ2) is 8.13. The number of halogens is 1. The smallest absolute Gasteiger partial charge is 0.347 e. The van der Waals surface area contributed by atoms with Crippen LogP contribution in [-0.4, -0.2) is 18.2 Å². The third-order valence-corrected chi connectivity index (χ3v) is 7.70. The molecule has 0 aliphatic heterocycles. The Kier molecular flexibility index (Phi) is 5.60. The van der Waals surface area contributed by atoms with Gasteiger partial charge in [0.05, 0.1) is 7.11 Å².